The number of piperidine rings is 1. The second kappa shape index (κ2) is 7.81. The largest absolute Gasteiger partial charge is 0.347 e. The maximum Gasteiger partial charge on any atom is 0.259 e. The lowest BCUT2D eigenvalue weighted by atomic mass is 9.94. The number of pyridine rings is 1. The molecule has 0 saturated carbocycles. The molecule has 0 radical (unpaired) electrons. The molecule has 2 aliphatic rings. The lowest BCUT2D eigenvalue weighted by molar-refractivity contribution is -0.139. The van der Waals surface area contributed by atoms with Crippen LogP contribution in [-0.4, -0.2) is 76.8 Å². The minimum atomic E-state index is -0.214. The summed E-state index contributed by atoms with van der Waals surface area (Å²) in [5.41, 5.74) is 1.18. The Hall–Kier alpha value is -2.97. The molecule has 1 atom stereocenters. The van der Waals surface area contributed by atoms with Gasteiger partial charge in [-0.1, -0.05) is 0 Å². The number of aromatic nitrogens is 3. The van der Waals surface area contributed by atoms with Crippen LogP contribution in [-0.2, 0) is 9.59 Å². The molecular formula is C20H26N6O3. The summed E-state index contributed by atoms with van der Waals surface area (Å²) >= 11 is 0. The van der Waals surface area contributed by atoms with Gasteiger partial charge in [-0.15, -0.1) is 0 Å². The number of anilines is 1. The molecule has 2 aromatic rings. The van der Waals surface area contributed by atoms with Gasteiger partial charge in [0, 0.05) is 58.0 Å². The van der Waals surface area contributed by atoms with E-state index in [1.807, 2.05) is 25.1 Å². The summed E-state index contributed by atoms with van der Waals surface area (Å²) in [7, 11) is 3.70. The van der Waals surface area contributed by atoms with Gasteiger partial charge >= 0.3 is 0 Å². The van der Waals surface area contributed by atoms with Crippen LogP contribution in [0.2, 0.25) is 0 Å². The summed E-state index contributed by atoms with van der Waals surface area (Å²) in [5.74, 6) is 0.620. The molecule has 29 heavy (non-hydrogen) atoms. The Balaban J connectivity index is 1.54. The van der Waals surface area contributed by atoms with E-state index in [2.05, 4.69) is 15.0 Å². The van der Waals surface area contributed by atoms with E-state index in [0.29, 0.717) is 42.9 Å². The molecule has 154 valence electrons. The van der Waals surface area contributed by atoms with Gasteiger partial charge in [-0.3, -0.25) is 14.4 Å². The number of hydrogen-bond acceptors (Lipinski definition) is 6. The molecule has 0 spiro atoms. The SMILES string of the molecule is CN(C)c1ncc2c(=O)[nH]c(C3CCCN(C(=O)CN4CCCC4=O)C3)cc2n1. The van der Waals surface area contributed by atoms with Gasteiger partial charge in [0.1, 0.15) is 0 Å². The van der Waals surface area contributed by atoms with E-state index in [4.69, 9.17) is 0 Å². The first kappa shape index (κ1) is 19.4. The zero-order chi connectivity index (χ0) is 20.5. The Labute approximate surface area is 168 Å². The third kappa shape index (κ3) is 3.94. The normalized spacial score (nSPS) is 19.8. The van der Waals surface area contributed by atoms with Crippen LogP contribution in [0, 0.1) is 0 Å². The highest BCUT2D eigenvalue weighted by Crippen LogP contribution is 2.27. The van der Waals surface area contributed by atoms with Crippen molar-refractivity contribution in [3.63, 3.8) is 0 Å². The fourth-order valence-corrected chi connectivity index (χ4v) is 4.08. The molecule has 2 aliphatic heterocycles. The first-order chi connectivity index (χ1) is 13.9. The number of hydrogen-bond donors (Lipinski definition) is 1. The maximum atomic E-state index is 12.7. The van der Waals surface area contributed by atoms with Gasteiger partial charge in [-0.05, 0) is 25.3 Å². The molecule has 0 aliphatic carbocycles. The second-order valence-corrected chi connectivity index (χ2v) is 8.01. The van der Waals surface area contributed by atoms with Crippen LogP contribution in [0.5, 0.6) is 0 Å². The predicted molar refractivity (Wildman–Crippen MR) is 109 cm³/mol. The van der Waals surface area contributed by atoms with E-state index >= 15 is 0 Å². The highest BCUT2D eigenvalue weighted by molar-refractivity contribution is 5.86. The van der Waals surface area contributed by atoms with Crippen LogP contribution in [0.25, 0.3) is 10.9 Å². The number of carbonyl (C=O) groups excluding carboxylic acids is 2. The summed E-state index contributed by atoms with van der Waals surface area (Å²) < 4.78 is 0. The van der Waals surface area contributed by atoms with Crippen molar-refractivity contribution in [1.29, 1.82) is 0 Å². The molecule has 1 unspecified atom stereocenters. The molecule has 1 N–H and O–H groups in total. The van der Waals surface area contributed by atoms with Crippen LogP contribution in [0.15, 0.2) is 17.1 Å². The summed E-state index contributed by atoms with van der Waals surface area (Å²) in [6.07, 6.45) is 4.65. The van der Waals surface area contributed by atoms with Crippen molar-refractivity contribution < 1.29 is 9.59 Å². The zero-order valence-electron chi connectivity index (χ0n) is 16.8. The van der Waals surface area contributed by atoms with E-state index in [9.17, 15) is 14.4 Å². The average Bonchev–Trinajstić information content (AvgIpc) is 3.12. The fourth-order valence-electron chi connectivity index (χ4n) is 4.08. The number of H-pyrrole nitrogens is 1. The number of rotatable bonds is 4. The number of aromatic amines is 1. The van der Waals surface area contributed by atoms with Gasteiger partial charge in [0.15, 0.2) is 0 Å². The van der Waals surface area contributed by atoms with Crippen molar-refractivity contribution in [3.05, 3.63) is 28.3 Å². The lowest BCUT2D eigenvalue weighted by Gasteiger charge is -2.33. The fraction of sp³-hybridized carbons (Fsp3) is 0.550. The summed E-state index contributed by atoms with van der Waals surface area (Å²) in [4.78, 5) is 54.0. The molecule has 4 heterocycles. The van der Waals surface area contributed by atoms with Crippen molar-refractivity contribution in [1.82, 2.24) is 24.8 Å². The molecule has 9 nitrogen and oxygen atoms in total. The number of nitrogens with zero attached hydrogens (tertiary/aromatic N) is 5. The Bertz CT molecular complexity index is 1000. The average molecular weight is 398 g/mol. The van der Waals surface area contributed by atoms with Crippen LogP contribution in [0.1, 0.15) is 37.3 Å². The molecule has 0 aromatic carbocycles. The molecule has 2 aromatic heterocycles. The number of fused-ring (bicyclic) bond motifs is 1. The van der Waals surface area contributed by atoms with Gasteiger partial charge in [-0.25, -0.2) is 9.97 Å². The maximum absolute atomic E-state index is 12.7. The van der Waals surface area contributed by atoms with Crippen molar-refractivity contribution in [2.75, 3.05) is 45.2 Å². The Morgan fingerprint density at radius 1 is 1.28 bits per heavy atom. The van der Waals surface area contributed by atoms with E-state index < -0.39 is 0 Å². The summed E-state index contributed by atoms with van der Waals surface area (Å²) in [5, 5.41) is 0.454. The third-order valence-electron chi connectivity index (χ3n) is 5.71. The van der Waals surface area contributed by atoms with E-state index in [-0.39, 0.29) is 29.8 Å². The quantitative estimate of drug-likeness (QED) is 0.814. The Morgan fingerprint density at radius 3 is 2.83 bits per heavy atom. The summed E-state index contributed by atoms with van der Waals surface area (Å²) in [6, 6.07) is 1.90. The van der Waals surface area contributed by atoms with Crippen molar-refractivity contribution in [2.24, 2.45) is 0 Å². The van der Waals surface area contributed by atoms with Gasteiger partial charge < -0.3 is 19.7 Å². The van der Waals surface area contributed by atoms with Gasteiger partial charge in [0.25, 0.3) is 5.56 Å². The van der Waals surface area contributed by atoms with Gasteiger partial charge in [0.05, 0.1) is 17.4 Å². The standard InChI is InChI=1S/C20H26N6O3/c1-24(2)20-21-10-14-16(23-20)9-15(22-19(14)29)13-5-3-7-25(11-13)18(28)12-26-8-4-6-17(26)27/h9-10,13H,3-8,11-12H2,1-2H3,(H,22,29). The second-order valence-electron chi connectivity index (χ2n) is 8.01. The number of likely N-dealkylation sites (tertiary alicyclic amines) is 2. The topological polar surface area (TPSA) is 103 Å². The lowest BCUT2D eigenvalue weighted by Crippen LogP contribution is -2.45. The minimum Gasteiger partial charge on any atom is -0.347 e. The van der Waals surface area contributed by atoms with Crippen LogP contribution >= 0.6 is 0 Å². The van der Waals surface area contributed by atoms with Crippen LogP contribution in [0.4, 0.5) is 5.95 Å². The number of amides is 2. The minimum absolute atomic E-state index is 0.0229. The van der Waals surface area contributed by atoms with Crippen molar-refractivity contribution in [3.8, 4) is 0 Å². The van der Waals surface area contributed by atoms with E-state index in [1.54, 1.807) is 16.0 Å². The Morgan fingerprint density at radius 2 is 2.10 bits per heavy atom. The first-order valence-corrected chi connectivity index (χ1v) is 10.0. The molecule has 4 rings (SSSR count). The Kier molecular flexibility index (Phi) is 5.21. The number of carbonyl (C=O) groups is 2. The molecule has 9 heteroatoms. The van der Waals surface area contributed by atoms with E-state index in [0.717, 1.165) is 25.0 Å². The molecule has 0 bridgehead atoms. The molecular weight excluding hydrogens is 372 g/mol. The first-order valence-electron chi connectivity index (χ1n) is 10.0. The predicted octanol–water partition coefficient (Wildman–Crippen LogP) is 0.713. The van der Waals surface area contributed by atoms with Crippen molar-refractivity contribution >= 4 is 28.7 Å². The molecule has 2 fully saturated rings. The summed E-state index contributed by atoms with van der Waals surface area (Å²) in [6.45, 7) is 2.03. The van der Waals surface area contributed by atoms with Crippen LogP contribution in [0.3, 0.4) is 0 Å². The van der Waals surface area contributed by atoms with Crippen LogP contribution < -0.4 is 10.5 Å². The van der Waals surface area contributed by atoms with Gasteiger partial charge in [-0.2, -0.15) is 0 Å². The third-order valence-corrected chi connectivity index (χ3v) is 5.71. The van der Waals surface area contributed by atoms with Gasteiger partial charge in [0.2, 0.25) is 17.8 Å². The highest BCUT2D eigenvalue weighted by atomic mass is 16.2. The van der Waals surface area contributed by atoms with E-state index in [1.165, 1.54) is 0 Å². The highest BCUT2D eigenvalue weighted by Gasteiger charge is 2.29. The molecule has 2 amide bonds. The number of nitrogens with one attached hydrogen (secondary N) is 1. The molecule has 2 saturated heterocycles. The zero-order valence-corrected chi connectivity index (χ0v) is 16.8. The monoisotopic (exact) mass is 398 g/mol. The van der Waals surface area contributed by atoms with Crippen molar-refractivity contribution in [2.45, 2.75) is 31.6 Å². The smallest absolute Gasteiger partial charge is 0.259 e.